The van der Waals surface area contributed by atoms with E-state index in [0.717, 1.165) is 10.1 Å². The zero-order chi connectivity index (χ0) is 17.6. The molecule has 25 heavy (non-hydrogen) atoms. The van der Waals surface area contributed by atoms with Gasteiger partial charge in [-0.1, -0.05) is 4.68 Å². The molecule has 0 fully saturated rings. The van der Waals surface area contributed by atoms with E-state index in [1.807, 2.05) is 26.8 Å². The zero-order valence-corrected chi connectivity index (χ0v) is 14.1. The van der Waals surface area contributed by atoms with Gasteiger partial charge in [0.15, 0.2) is 4.54 Å². The second-order valence-electron chi connectivity index (χ2n) is 6.26. The molecule has 2 aromatic heterocycles. The van der Waals surface area contributed by atoms with Crippen LogP contribution in [-0.4, -0.2) is 27.2 Å². The molecule has 0 atom stereocenters. The molecule has 1 aromatic carbocycles. The van der Waals surface area contributed by atoms with Crippen LogP contribution in [0.15, 0.2) is 41.3 Å². The predicted molar refractivity (Wildman–Crippen MR) is 88.9 cm³/mol. The summed E-state index contributed by atoms with van der Waals surface area (Å²) in [7, 11) is 0. The molecule has 0 unspecified atom stereocenters. The van der Waals surface area contributed by atoms with Crippen LogP contribution in [0.2, 0.25) is 0 Å². The normalized spacial score (nSPS) is 15.4. The fourth-order valence-electron chi connectivity index (χ4n) is 2.86. The molecule has 0 spiro atoms. The first kappa shape index (κ1) is 15.4. The summed E-state index contributed by atoms with van der Waals surface area (Å²) in [6.07, 6.45) is 4.95. The molecule has 128 valence electrons. The van der Waals surface area contributed by atoms with Crippen molar-refractivity contribution in [1.82, 2.24) is 15.0 Å². The smallest absolute Gasteiger partial charge is 0.261 e. The largest absolute Gasteiger partial charge is 0.492 e. The maximum Gasteiger partial charge on any atom is 0.261 e. The summed E-state index contributed by atoms with van der Waals surface area (Å²) in [6.45, 7) is 6.24. The Morgan fingerprint density at radius 1 is 1.28 bits per heavy atom. The Balaban J connectivity index is 1.96. The van der Waals surface area contributed by atoms with E-state index in [1.54, 1.807) is 24.4 Å². The monoisotopic (exact) mass is 341 g/mol. The Labute approximate surface area is 142 Å². The van der Waals surface area contributed by atoms with Crippen LogP contribution < -0.4 is 14.0 Å². The lowest BCUT2D eigenvalue weighted by Gasteiger charge is -2.29. The van der Waals surface area contributed by atoms with Crippen molar-refractivity contribution in [1.29, 1.82) is 0 Å². The van der Waals surface area contributed by atoms with Gasteiger partial charge in [0, 0.05) is 11.6 Å². The summed E-state index contributed by atoms with van der Waals surface area (Å²) in [5.41, 5.74) is 1.98. The highest BCUT2D eigenvalue weighted by atomic mass is 16.6. The van der Waals surface area contributed by atoms with Crippen molar-refractivity contribution in [3.63, 3.8) is 0 Å². The van der Waals surface area contributed by atoms with Crippen LogP contribution in [0.1, 0.15) is 26.3 Å². The van der Waals surface area contributed by atoms with Crippen LogP contribution in [0.4, 0.5) is 0 Å². The van der Waals surface area contributed by atoms with E-state index in [1.165, 1.54) is 10.9 Å². The molecule has 8 nitrogen and oxygen atoms in total. The van der Waals surface area contributed by atoms with Crippen molar-refractivity contribution >= 4 is 16.7 Å². The quantitative estimate of drug-likeness (QED) is 0.680. The molecule has 8 heteroatoms. The van der Waals surface area contributed by atoms with E-state index in [9.17, 15) is 4.91 Å². The number of fused-ring (bicyclic) bond motifs is 2. The first-order valence-electron chi connectivity index (χ1n) is 7.94. The fraction of sp³-hybridized carbons (Fsp3) is 0.294. The summed E-state index contributed by atoms with van der Waals surface area (Å²) < 4.78 is 18.5. The van der Waals surface area contributed by atoms with Crippen LogP contribution in [0.3, 0.4) is 0 Å². The number of ether oxygens (including phenoxy) is 2. The van der Waals surface area contributed by atoms with Crippen molar-refractivity contribution in [2.75, 3.05) is 6.61 Å². The molecule has 0 N–H and O–H groups in total. The van der Waals surface area contributed by atoms with Gasteiger partial charge in [0.05, 0.1) is 17.6 Å². The number of hydrogen-bond donors (Lipinski definition) is 0. The summed E-state index contributed by atoms with van der Waals surface area (Å²) in [4.78, 5) is 12.4. The van der Waals surface area contributed by atoms with Crippen molar-refractivity contribution < 1.29 is 18.6 Å². The predicted octanol–water partition coefficient (Wildman–Crippen LogP) is 2.40. The Hall–Kier alpha value is -3.16. The summed E-state index contributed by atoms with van der Waals surface area (Å²) >= 11 is 0. The summed E-state index contributed by atoms with van der Waals surface area (Å²) in [5, 5.41) is 7.72. The molecule has 0 amide bonds. The summed E-state index contributed by atoms with van der Waals surface area (Å²) in [5.74, 6) is 1.21. The highest BCUT2D eigenvalue weighted by Crippen LogP contribution is 2.38. The zero-order valence-electron chi connectivity index (χ0n) is 14.1. The first-order chi connectivity index (χ1) is 12.0. The molecule has 0 bridgehead atoms. The van der Waals surface area contributed by atoms with Crippen molar-refractivity contribution in [3.05, 3.63) is 47.1 Å². The topological polar surface area (TPSA) is 85.3 Å². The van der Waals surface area contributed by atoms with Crippen molar-refractivity contribution in [2.45, 2.75) is 26.4 Å². The molecule has 0 radical (unpaired) electrons. The van der Waals surface area contributed by atoms with Gasteiger partial charge >= 0.3 is 0 Å². The van der Waals surface area contributed by atoms with E-state index in [2.05, 4.69) is 10.3 Å². The number of rotatable bonds is 3. The Bertz CT molecular complexity index is 1050. The van der Waals surface area contributed by atoms with Gasteiger partial charge in [-0.05, 0) is 43.2 Å². The van der Waals surface area contributed by atoms with Gasteiger partial charge in [-0.25, -0.2) is 4.63 Å². The van der Waals surface area contributed by atoms with Crippen LogP contribution in [-0.2, 0) is 0 Å². The molecule has 1 aliphatic heterocycles. The lowest BCUT2D eigenvalue weighted by molar-refractivity contribution is -0.584. The summed E-state index contributed by atoms with van der Waals surface area (Å²) in [6, 6.07) is 5.18. The molecule has 4 rings (SSSR count). The SMILES string of the molecule is CCOc1cc[n+](=O)n(C2=CC(C)(C)Oc3cc4nonc4cc32)c1. The minimum atomic E-state index is -0.602. The highest BCUT2D eigenvalue weighted by Gasteiger charge is 2.31. The Morgan fingerprint density at radius 3 is 2.80 bits per heavy atom. The standard InChI is InChI=1S/C17H17N4O4/c1-4-23-11-5-6-21(22)20(10-11)15-9-17(2,3)24-16-8-14-13(7-12(15)16)18-25-19-14/h5-10H,4H2,1-3H3/q+1. The third-order valence-electron chi connectivity index (χ3n) is 3.87. The maximum absolute atomic E-state index is 12.4. The highest BCUT2D eigenvalue weighted by molar-refractivity contribution is 5.84. The molecular weight excluding hydrogens is 324 g/mol. The lowest BCUT2D eigenvalue weighted by Crippen LogP contribution is -2.35. The van der Waals surface area contributed by atoms with Crippen LogP contribution in [0, 0.1) is 4.91 Å². The molecule has 0 aliphatic carbocycles. The minimum absolute atomic E-state index is 0.512. The second kappa shape index (κ2) is 5.44. The number of aromatic nitrogens is 4. The van der Waals surface area contributed by atoms with Gasteiger partial charge < -0.3 is 9.47 Å². The minimum Gasteiger partial charge on any atom is -0.492 e. The first-order valence-corrected chi connectivity index (χ1v) is 7.94. The van der Waals surface area contributed by atoms with E-state index in [0.29, 0.717) is 34.8 Å². The molecule has 1 aliphatic rings. The average Bonchev–Trinajstić information content (AvgIpc) is 3.01. The van der Waals surface area contributed by atoms with Gasteiger partial charge in [0.1, 0.15) is 40.0 Å². The molecule has 3 aromatic rings. The van der Waals surface area contributed by atoms with Gasteiger partial charge in [0.2, 0.25) is 0 Å². The van der Waals surface area contributed by atoms with Gasteiger partial charge in [-0.3, -0.25) is 0 Å². The molecule has 3 heterocycles. The number of nitrogens with zero attached hydrogens (tertiary/aromatic N) is 4. The lowest BCUT2D eigenvalue weighted by atomic mass is 9.98. The van der Waals surface area contributed by atoms with E-state index in [-0.39, 0.29) is 0 Å². The average molecular weight is 341 g/mol. The second-order valence-corrected chi connectivity index (χ2v) is 6.26. The molecule has 0 saturated heterocycles. The number of benzene rings is 1. The van der Waals surface area contributed by atoms with Gasteiger partial charge in [0.25, 0.3) is 6.20 Å². The van der Waals surface area contributed by atoms with E-state index >= 15 is 0 Å². The van der Waals surface area contributed by atoms with Crippen molar-refractivity contribution in [3.8, 4) is 11.5 Å². The maximum atomic E-state index is 12.4. The van der Waals surface area contributed by atoms with Crippen LogP contribution in [0.5, 0.6) is 11.5 Å². The van der Waals surface area contributed by atoms with Crippen LogP contribution >= 0.6 is 0 Å². The fourth-order valence-corrected chi connectivity index (χ4v) is 2.86. The van der Waals surface area contributed by atoms with Gasteiger partial charge in [-0.2, -0.15) is 0 Å². The van der Waals surface area contributed by atoms with E-state index in [4.69, 9.17) is 14.1 Å². The van der Waals surface area contributed by atoms with Crippen molar-refractivity contribution in [2.24, 2.45) is 0 Å². The van der Waals surface area contributed by atoms with Gasteiger partial charge in [-0.15, -0.1) is 0 Å². The third-order valence-corrected chi connectivity index (χ3v) is 3.87. The van der Waals surface area contributed by atoms with E-state index < -0.39 is 5.60 Å². The molecule has 0 saturated carbocycles. The number of hydrogen-bond acceptors (Lipinski definition) is 6. The Morgan fingerprint density at radius 2 is 2.04 bits per heavy atom. The van der Waals surface area contributed by atoms with Crippen LogP contribution in [0.25, 0.3) is 16.7 Å². The molecular formula is C17H17N4O4+. The third kappa shape index (κ3) is 2.65. The Kier molecular flexibility index (Phi) is 3.34.